The minimum absolute atomic E-state index is 0.0804. The largest absolute Gasteiger partial charge is 0.481 e. The fourth-order valence-corrected chi connectivity index (χ4v) is 4.63. The summed E-state index contributed by atoms with van der Waals surface area (Å²) in [6.07, 6.45) is 16.8. The van der Waals surface area contributed by atoms with Crippen molar-refractivity contribution in [1.82, 2.24) is 0 Å². The van der Waals surface area contributed by atoms with E-state index in [1.165, 1.54) is 11.1 Å². The fourth-order valence-electron chi connectivity index (χ4n) is 4.63. The second-order valence-corrected chi connectivity index (χ2v) is 9.14. The molecule has 0 aromatic heterocycles. The molecule has 3 N–H and O–H groups in total. The molecule has 4 nitrogen and oxygen atoms in total. The lowest BCUT2D eigenvalue weighted by molar-refractivity contribution is -0.136. The van der Waals surface area contributed by atoms with Crippen molar-refractivity contribution < 1.29 is 20.1 Å². The topological polar surface area (TPSA) is 77.8 Å². The van der Waals surface area contributed by atoms with Crippen LogP contribution in [0.1, 0.15) is 65.7 Å². The van der Waals surface area contributed by atoms with Gasteiger partial charge in [0.2, 0.25) is 0 Å². The van der Waals surface area contributed by atoms with E-state index in [0.29, 0.717) is 24.2 Å². The highest BCUT2D eigenvalue weighted by Crippen LogP contribution is 2.47. The Hall–Kier alpha value is -1.65. The summed E-state index contributed by atoms with van der Waals surface area (Å²) in [4.78, 5) is 10.6. The van der Waals surface area contributed by atoms with Gasteiger partial charge in [-0.1, -0.05) is 54.5 Å². The molecule has 0 aromatic rings. The lowest BCUT2D eigenvalue weighted by atomic mass is 9.88. The number of rotatable bonds is 11. The van der Waals surface area contributed by atoms with Gasteiger partial charge in [-0.15, -0.1) is 0 Å². The molecule has 162 valence electrons. The Morgan fingerprint density at radius 2 is 2.07 bits per heavy atom. The average molecular weight is 403 g/mol. The zero-order chi connectivity index (χ0) is 21.4. The zero-order valence-electron chi connectivity index (χ0n) is 18.1. The molecule has 2 aliphatic rings. The van der Waals surface area contributed by atoms with Gasteiger partial charge in [-0.2, -0.15) is 0 Å². The van der Waals surface area contributed by atoms with E-state index in [0.717, 1.165) is 32.1 Å². The molecule has 0 radical (unpaired) electrons. The van der Waals surface area contributed by atoms with Crippen LogP contribution in [-0.2, 0) is 4.79 Å². The van der Waals surface area contributed by atoms with E-state index >= 15 is 0 Å². The molecule has 0 spiro atoms. The second kappa shape index (κ2) is 11.5. The van der Waals surface area contributed by atoms with Crippen LogP contribution in [0.5, 0.6) is 0 Å². The van der Waals surface area contributed by atoms with Crippen molar-refractivity contribution in [1.29, 1.82) is 0 Å². The third-order valence-electron chi connectivity index (χ3n) is 6.17. The maximum Gasteiger partial charge on any atom is 0.303 e. The smallest absolute Gasteiger partial charge is 0.303 e. The summed E-state index contributed by atoms with van der Waals surface area (Å²) in [7, 11) is 0. The molecule has 0 aromatic carbocycles. The van der Waals surface area contributed by atoms with Crippen LogP contribution in [-0.4, -0.2) is 33.5 Å². The van der Waals surface area contributed by atoms with Crippen molar-refractivity contribution in [2.75, 3.05) is 0 Å². The number of carboxylic acids is 1. The van der Waals surface area contributed by atoms with Crippen LogP contribution < -0.4 is 0 Å². The highest BCUT2D eigenvalue weighted by Gasteiger charge is 2.42. The molecule has 29 heavy (non-hydrogen) atoms. The van der Waals surface area contributed by atoms with Crippen LogP contribution in [0, 0.1) is 23.7 Å². The van der Waals surface area contributed by atoms with Crippen molar-refractivity contribution in [2.24, 2.45) is 23.7 Å². The lowest BCUT2D eigenvalue weighted by Gasteiger charge is -2.19. The maximum absolute atomic E-state index is 10.6. The van der Waals surface area contributed by atoms with Gasteiger partial charge in [0.05, 0.1) is 12.2 Å². The van der Waals surface area contributed by atoms with Crippen LogP contribution in [0.15, 0.2) is 47.6 Å². The quantitative estimate of drug-likeness (QED) is 0.423. The van der Waals surface area contributed by atoms with Crippen molar-refractivity contribution in [3.8, 4) is 0 Å². The van der Waals surface area contributed by atoms with Gasteiger partial charge in [-0.3, -0.25) is 4.79 Å². The summed E-state index contributed by atoms with van der Waals surface area (Å²) in [5, 5.41) is 29.6. The van der Waals surface area contributed by atoms with E-state index in [2.05, 4.69) is 32.9 Å². The van der Waals surface area contributed by atoms with Crippen LogP contribution in [0.4, 0.5) is 0 Å². The minimum Gasteiger partial charge on any atom is -0.481 e. The molecular weight excluding hydrogens is 364 g/mol. The predicted octanol–water partition coefficient (Wildman–Crippen LogP) is 5.04. The molecule has 6 atom stereocenters. The Labute approximate surface area is 175 Å². The number of aliphatic hydroxyl groups excluding tert-OH is 2. The summed E-state index contributed by atoms with van der Waals surface area (Å²) >= 11 is 0. The van der Waals surface area contributed by atoms with Crippen LogP contribution >= 0.6 is 0 Å². The Bertz CT molecular complexity index is 654. The van der Waals surface area contributed by atoms with Crippen molar-refractivity contribution in [3.05, 3.63) is 47.6 Å². The van der Waals surface area contributed by atoms with Crippen LogP contribution in [0.3, 0.4) is 0 Å². The third kappa shape index (κ3) is 7.94. The highest BCUT2D eigenvalue weighted by molar-refractivity contribution is 5.66. The molecule has 0 aliphatic heterocycles. The first-order valence-corrected chi connectivity index (χ1v) is 11.0. The maximum atomic E-state index is 10.6. The summed E-state index contributed by atoms with van der Waals surface area (Å²) < 4.78 is 0. The Morgan fingerprint density at radius 1 is 1.31 bits per heavy atom. The summed E-state index contributed by atoms with van der Waals surface area (Å²) in [6.45, 7) is 6.40. The van der Waals surface area contributed by atoms with Gasteiger partial charge in [0.25, 0.3) is 0 Å². The summed E-state index contributed by atoms with van der Waals surface area (Å²) in [6, 6.07) is 0. The third-order valence-corrected chi connectivity index (χ3v) is 6.17. The van der Waals surface area contributed by atoms with Crippen molar-refractivity contribution in [2.45, 2.75) is 77.9 Å². The Morgan fingerprint density at radius 3 is 2.76 bits per heavy atom. The molecule has 0 amide bonds. The SMILES string of the molecule is CC(C)=CCC[C@@H](C)C[C@H](O)/C=C\[C@H]1[C@H]2CC(C=CCCC(=O)O)=C[C@H]2C[C@H]1O. The van der Waals surface area contributed by atoms with Crippen molar-refractivity contribution >= 4 is 5.97 Å². The lowest BCUT2D eigenvalue weighted by Crippen LogP contribution is -2.18. The first kappa shape index (κ1) is 23.6. The zero-order valence-corrected chi connectivity index (χ0v) is 18.1. The standard InChI is InChI=1S/C25H38O4/c1-17(2)7-6-8-18(3)13-21(26)11-12-22-23-15-19(9-4-5-10-25(28)29)14-20(23)16-24(22)27/h4,7,9,11-12,14,18,20-24,26-27H,5-6,8,10,13,15-16H2,1-3H3,(H,28,29)/b9-4?,12-11-/t18-,20+,21-,22+,23+,24-/m1/s1. The second-order valence-electron chi connectivity index (χ2n) is 9.14. The fraction of sp³-hybridized carbons (Fsp3) is 0.640. The molecule has 4 heteroatoms. The first-order chi connectivity index (χ1) is 13.8. The first-order valence-electron chi connectivity index (χ1n) is 11.0. The molecule has 1 fully saturated rings. The molecular formula is C25H38O4. The van der Waals surface area contributed by atoms with Gasteiger partial charge in [0.1, 0.15) is 0 Å². The summed E-state index contributed by atoms with van der Waals surface area (Å²) in [5.41, 5.74) is 2.58. The number of carboxylic acid groups (broad SMARTS) is 1. The molecule has 0 unspecified atom stereocenters. The van der Waals surface area contributed by atoms with Crippen molar-refractivity contribution in [3.63, 3.8) is 0 Å². The molecule has 0 saturated heterocycles. The molecule has 0 heterocycles. The number of fused-ring (bicyclic) bond motifs is 1. The number of allylic oxidation sites excluding steroid dienone is 6. The van der Waals surface area contributed by atoms with Gasteiger partial charge in [-0.25, -0.2) is 0 Å². The van der Waals surface area contributed by atoms with E-state index in [4.69, 9.17) is 5.11 Å². The van der Waals surface area contributed by atoms with Gasteiger partial charge < -0.3 is 15.3 Å². The van der Waals surface area contributed by atoms with E-state index in [9.17, 15) is 15.0 Å². The number of aliphatic carboxylic acids is 1. The van der Waals surface area contributed by atoms with Gasteiger partial charge in [0, 0.05) is 12.3 Å². The minimum atomic E-state index is -0.773. The number of hydrogen-bond acceptors (Lipinski definition) is 3. The van der Waals surface area contributed by atoms with Gasteiger partial charge in [0.15, 0.2) is 0 Å². The highest BCUT2D eigenvalue weighted by atomic mass is 16.4. The Balaban J connectivity index is 1.82. The van der Waals surface area contributed by atoms with E-state index in [-0.39, 0.29) is 18.4 Å². The Kier molecular flexibility index (Phi) is 9.38. The molecule has 2 aliphatic carbocycles. The predicted molar refractivity (Wildman–Crippen MR) is 117 cm³/mol. The molecule has 1 saturated carbocycles. The number of carbonyl (C=O) groups is 1. The van der Waals surface area contributed by atoms with Gasteiger partial charge in [-0.05, 0) is 70.1 Å². The van der Waals surface area contributed by atoms with E-state index < -0.39 is 12.1 Å². The van der Waals surface area contributed by atoms with Crippen LogP contribution in [0.2, 0.25) is 0 Å². The monoisotopic (exact) mass is 402 g/mol. The average Bonchev–Trinajstić information content (AvgIpc) is 3.13. The van der Waals surface area contributed by atoms with E-state index in [1.807, 2.05) is 24.3 Å². The van der Waals surface area contributed by atoms with Gasteiger partial charge >= 0.3 is 5.97 Å². The summed E-state index contributed by atoms with van der Waals surface area (Å²) in [5.74, 6) is 0.519. The molecule has 2 rings (SSSR count). The normalized spacial score (nSPS) is 28.5. The number of hydrogen-bond donors (Lipinski definition) is 3. The molecule has 0 bridgehead atoms. The van der Waals surface area contributed by atoms with Crippen LogP contribution in [0.25, 0.3) is 0 Å². The van der Waals surface area contributed by atoms with E-state index in [1.54, 1.807) is 0 Å². The number of aliphatic hydroxyl groups is 2.